The van der Waals surface area contributed by atoms with Crippen LogP contribution in [0.1, 0.15) is 11.5 Å². The lowest BCUT2D eigenvalue weighted by Crippen LogP contribution is -2.45. The van der Waals surface area contributed by atoms with Crippen molar-refractivity contribution in [1.29, 1.82) is 0 Å². The van der Waals surface area contributed by atoms with Gasteiger partial charge in [-0.15, -0.1) is 0 Å². The second kappa shape index (κ2) is 7.09. The Morgan fingerprint density at radius 3 is 2.73 bits per heavy atom. The van der Waals surface area contributed by atoms with Crippen LogP contribution in [-0.4, -0.2) is 70.8 Å². The van der Waals surface area contributed by atoms with Crippen molar-refractivity contribution < 1.29 is 19.3 Å². The van der Waals surface area contributed by atoms with E-state index in [0.717, 1.165) is 18.9 Å². The third-order valence-corrected chi connectivity index (χ3v) is 6.36. The van der Waals surface area contributed by atoms with Gasteiger partial charge < -0.3 is 29.2 Å². The summed E-state index contributed by atoms with van der Waals surface area (Å²) in [6, 6.07) is 12.6. The van der Waals surface area contributed by atoms with Crippen molar-refractivity contribution >= 4 is 28.6 Å². The third kappa shape index (κ3) is 3.02. The number of aromatic nitrogens is 3. The van der Waals surface area contributed by atoms with Crippen LogP contribution in [0.15, 0.2) is 36.4 Å². The summed E-state index contributed by atoms with van der Waals surface area (Å²) in [7, 11) is 0. The molecule has 5 heterocycles. The van der Waals surface area contributed by atoms with Crippen LogP contribution in [0.25, 0.3) is 11.2 Å². The van der Waals surface area contributed by atoms with Gasteiger partial charge in [0.25, 0.3) is 6.01 Å². The number of rotatable bonds is 4. The SMILES string of the molecule is O[C@@H]1CO[C@H]2[C@@H]1OC[C@H]2Oc1nc2nc(N3CC(c4ccccc4)C3)c(Cl)cc2[nH]1. The molecule has 0 saturated carbocycles. The van der Waals surface area contributed by atoms with E-state index in [4.69, 9.17) is 25.8 Å². The van der Waals surface area contributed by atoms with Gasteiger partial charge in [-0.1, -0.05) is 41.9 Å². The van der Waals surface area contributed by atoms with Crippen molar-refractivity contribution in [3.63, 3.8) is 0 Å². The summed E-state index contributed by atoms with van der Waals surface area (Å²) < 4.78 is 17.2. The van der Waals surface area contributed by atoms with Crippen molar-refractivity contribution in [2.24, 2.45) is 0 Å². The first kappa shape index (κ1) is 18.4. The van der Waals surface area contributed by atoms with Gasteiger partial charge >= 0.3 is 0 Å². The summed E-state index contributed by atoms with van der Waals surface area (Å²) in [5.74, 6) is 1.22. The molecule has 0 bridgehead atoms. The molecule has 30 heavy (non-hydrogen) atoms. The Bertz CT molecular complexity index is 1070. The predicted octanol–water partition coefficient (Wildman–Crippen LogP) is 2.12. The van der Waals surface area contributed by atoms with Gasteiger partial charge in [0, 0.05) is 19.0 Å². The van der Waals surface area contributed by atoms with Gasteiger partial charge in [0.2, 0.25) is 0 Å². The van der Waals surface area contributed by atoms with E-state index in [0.29, 0.717) is 34.7 Å². The number of aliphatic hydroxyl groups excluding tert-OH is 1. The minimum Gasteiger partial charge on any atom is -0.456 e. The zero-order chi connectivity index (χ0) is 20.2. The van der Waals surface area contributed by atoms with Crippen LogP contribution in [0.4, 0.5) is 5.82 Å². The molecule has 9 heteroatoms. The van der Waals surface area contributed by atoms with E-state index in [9.17, 15) is 5.11 Å². The number of imidazole rings is 1. The number of hydrogen-bond donors (Lipinski definition) is 2. The summed E-state index contributed by atoms with van der Waals surface area (Å²) in [4.78, 5) is 14.4. The zero-order valence-corrected chi connectivity index (χ0v) is 16.8. The van der Waals surface area contributed by atoms with Crippen LogP contribution in [0, 0.1) is 0 Å². The van der Waals surface area contributed by atoms with Crippen LogP contribution in [0.3, 0.4) is 0 Å². The standard InChI is InChI=1S/C21H21ClN4O4/c22-13-6-14-19(24-20(13)26-7-12(8-26)11-4-2-1-3-5-11)25-21(23-14)30-16-10-29-17-15(27)9-28-18(16)17/h1-6,12,15-18,27H,7-10H2,(H,23,24,25)/t15-,16-,17-,18-/m1/s1. The van der Waals surface area contributed by atoms with Crippen LogP contribution >= 0.6 is 11.6 Å². The van der Waals surface area contributed by atoms with Gasteiger partial charge in [0.15, 0.2) is 11.8 Å². The molecule has 0 unspecified atom stereocenters. The largest absolute Gasteiger partial charge is 0.456 e. The Balaban J connectivity index is 1.19. The highest BCUT2D eigenvalue weighted by atomic mass is 35.5. The molecule has 4 atom stereocenters. The number of hydrogen-bond acceptors (Lipinski definition) is 7. The van der Waals surface area contributed by atoms with Crippen LogP contribution < -0.4 is 9.64 Å². The topological polar surface area (TPSA) is 92.7 Å². The Morgan fingerprint density at radius 1 is 1.10 bits per heavy atom. The molecule has 3 saturated heterocycles. The van der Waals surface area contributed by atoms with Crippen molar-refractivity contribution in [1.82, 2.24) is 15.0 Å². The van der Waals surface area contributed by atoms with Gasteiger partial charge in [-0.3, -0.25) is 0 Å². The summed E-state index contributed by atoms with van der Waals surface area (Å²) in [5, 5.41) is 10.5. The van der Waals surface area contributed by atoms with E-state index in [1.165, 1.54) is 5.56 Å². The van der Waals surface area contributed by atoms with Gasteiger partial charge in [0.1, 0.15) is 24.1 Å². The molecular formula is C21H21ClN4O4. The first-order valence-electron chi connectivity index (χ1n) is 10.1. The summed E-state index contributed by atoms with van der Waals surface area (Å²) in [6.45, 7) is 2.35. The number of ether oxygens (including phenoxy) is 3. The number of aliphatic hydroxyl groups is 1. The quantitative estimate of drug-likeness (QED) is 0.657. The lowest BCUT2D eigenvalue weighted by atomic mass is 9.91. The zero-order valence-electron chi connectivity index (χ0n) is 16.1. The monoisotopic (exact) mass is 428 g/mol. The van der Waals surface area contributed by atoms with Crippen molar-refractivity contribution in [3.05, 3.63) is 47.0 Å². The van der Waals surface area contributed by atoms with Crippen LogP contribution in [0.5, 0.6) is 6.01 Å². The number of aromatic amines is 1. The highest BCUT2D eigenvalue weighted by Gasteiger charge is 2.48. The van der Waals surface area contributed by atoms with Crippen molar-refractivity contribution in [2.75, 3.05) is 31.2 Å². The maximum atomic E-state index is 9.87. The average Bonchev–Trinajstić information content (AvgIpc) is 3.39. The van der Waals surface area contributed by atoms with E-state index in [1.807, 2.05) is 12.1 Å². The second-order valence-electron chi connectivity index (χ2n) is 8.04. The minimum absolute atomic E-state index is 0.260. The number of fused-ring (bicyclic) bond motifs is 2. The smallest absolute Gasteiger partial charge is 0.296 e. The second-order valence-corrected chi connectivity index (χ2v) is 8.45. The van der Waals surface area contributed by atoms with Gasteiger partial charge in [-0.2, -0.15) is 4.98 Å². The molecule has 1 aromatic carbocycles. The van der Waals surface area contributed by atoms with E-state index < -0.39 is 6.10 Å². The number of nitrogens with zero attached hydrogens (tertiary/aromatic N) is 3. The molecule has 0 spiro atoms. The Labute approximate surface area is 177 Å². The molecule has 8 nitrogen and oxygen atoms in total. The molecule has 3 aliphatic heterocycles. The number of H-pyrrole nitrogens is 1. The number of halogens is 1. The van der Waals surface area contributed by atoms with E-state index in [-0.39, 0.29) is 24.9 Å². The lowest BCUT2D eigenvalue weighted by molar-refractivity contribution is 0.00706. The normalized spacial score (nSPS) is 28.7. The van der Waals surface area contributed by atoms with Crippen LogP contribution in [-0.2, 0) is 9.47 Å². The number of pyridine rings is 1. The van der Waals surface area contributed by atoms with Crippen molar-refractivity contribution in [2.45, 2.75) is 30.3 Å². The fourth-order valence-corrected chi connectivity index (χ4v) is 4.71. The lowest BCUT2D eigenvalue weighted by Gasteiger charge is -2.40. The van der Waals surface area contributed by atoms with E-state index >= 15 is 0 Å². The van der Waals surface area contributed by atoms with E-state index in [1.54, 1.807) is 0 Å². The highest BCUT2D eigenvalue weighted by molar-refractivity contribution is 6.33. The molecule has 2 N–H and O–H groups in total. The molecule has 3 aromatic rings. The number of anilines is 1. The molecule has 3 aliphatic rings. The Kier molecular flexibility index (Phi) is 4.35. The van der Waals surface area contributed by atoms with Gasteiger partial charge in [-0.05, 0) is 11.6 Å². The van der Waals surface area contributed by atoms with Gasteiger partial charge in [0.05, 0.1) is 23.8 Å². The minimum atomic E-state index is -0.612. The first-order chi connectivity index (χ1) is 14.7. The van der Waals surface area contributed by atoms with E-state index in [2.05, 4.69) is 44.1 Å². The first-order valence-corrected chi connectivity index (χ1v) is 10.5. The number of nitrogens with one attached hydrogen (secondary N) is 1. The average molecular weight is 429 g/mol. The molecule has 0 amide bonds. The number of benzene rings is 1. The molecule has 2 aromatic heterocycles. The molecule has 3 fully saturated rings. The Morgan fingerprint density at radius 2 is 1.90 bits per heavy atom. The maximum Gasteiger partial charge on any atom is 0.296 e. The summed E-state index contributed by atoms with van der Waals surface area (Å²) in [6.07, 6.45) is -1.58. The van der Waals surface area contributed by atoms with Crippen molar-refractivity contribution in [3.8, 4) is 6.01 Å². The fourth-order valence-electron chi connectivity index (χ4n) is 4.44. The molecule has 0 aliphatic carbocycles. The fraction of sp³-hybridized carbons (Fsp3) is 0.429. The summed E-state index contributed by atoms with van der Waals surface area (Å²) >= 11 is 6.51. The molecule has 0 radical (unpaired) electrons. The third-order valence-electron chi connectivity index (χ3n) is 6.08. The van der Waals surface area contributed by atoms with Crippen LogP contribution in [0.2, 0.25) is 5.02 Å². The Hall–Kier alpha value is -2.39. The highest BCUT2D eigenvalue weighted by Crippen LogP contribution is 2.36. The maximum absolute atomic E-state index is 9.87. The molecule has 156 valence electrons. The molecular weight excluding hydrogens is 408 g/mol. The molecule has 6 rings (SSSR count). The predicted molar refractivity (Wildman–Crippen MR) is 110 cm³/mol. The summed E-state index contributed by atoms with van der Waals surface area (Å²) in [5.41, 5.74) is 2.59. The van der Waals surface area contributed by atoms with Gasteiger partial charge in [-0.25, -0.2) is 4.98 Å².